The first kappa shape index (κ1) is 35.3. The number of nitrogens with zero attached hydrogens (tertiary/aromatic N) is 1. The van der Waals surface area contributed by atoms with Gasteiger partial charge in [-0.15, -0.1) is 17.5 Å². The van der Waals surface area contributed by atoms with Crippen molar-refractivity contribution in [3.63, 3.8) is 0 Å². The van der Waals surface area contributed by atoms with E-state index in [2.05, 4.69) is 80.6 Å². The van der Waals surface area contributed by atoms with E-state index < -0.39 is 0 Å². The molecule has 0 bridgehead atoms. The van der Waals surface area contributed by atoms with Crippen LogP contribution in [0.5, 0.6) is 11.5 Å². The van der Waals surface area contributed by atoms with Gasteiger partial charge < -0.3 is 9.84 Å². The zero-order valence-corrected chi connectivity index (χ0v) is 31.1. The molecule has 0 saturated heterocycles. The Morgan fingerprint density at radius 2 is 1.50 bits per heavy atom. The van der Waals surface area contributed by atoms with Gasteiger partial charge >= 0.3 is 0 Å². The standard InChI is InChI=1S/C30H20NO.C13H24O2.Ir/c1-17(2)19-8-7-18-9-10-22-23-11-12-31-30-26-14-20-5-3-4-6-21(20)15-27(26)32-28(29(23)30)16-25(22)24(18)13-19;1-5-10(6-2)12(14)9-13(15)11(7-3)8-4;/h3-13,15-17H,1-2H3;9-11,14H,5-8H2,1-4H3;/q-1;;/b;12-9-;. The van der Waals surface area contributed by atoms with Gasteiger partial charge in [0.1, 0.15) is 5.75 Å². The second-order valence-corrected chi connectivity index (χ2v) is 12.9. The summed E-state index contributed by atoms with van der Waals surface area (Å²) in [7, 11) is 0. The number of ether oxygens (including phenoxy) is 1. The molecule has 0 amide bonds. The fourth-order valence-electron chi connectivity index (χ4n) is 6.82. The van der Waals surface area contributed by atoms with Crippen LogP contribution in [0.2, 0.25) is 0 Å². The number of carbonyl (C=O) groups excluding carboxylic acids is 1. The van der Waals surface area contributed by atoms with Crippen molar-refractivity contribution in [3.05, 3.63) is 102 Å². The van der Waals surface area contributed by atoms with Crippen LogP contribution < -0.4 is 4.74 Å². The number of fused-ring (bicyclic) bond motifs is 7. The number of ketones is 1. The number of hydrogen-bond donors (Lipinski definition) is 1. The van der Waals surface area contributed by atoms with Crippen molar-refractivity contribution in [2.45, 2.75) is 73.1 Å². The van der Waals surface area contributed by atoms with Gasteiger partial charge in [0.25, 0.3) is 0 Å². The molecule has 1 N–H and O–H groups in total. The molecule has 1 aliphatic heterocycles. The van der Waals surface area contributed by atoms with E-state index in [0.29, 0.717) is 5.92 Å². The summed E-state index contributed by atoms with van der Waals surface area (Å²) < 4.78 is 6.52. The van der Waals surface area contributed by atoms with Crippen LogP contribution in [-0.2, 0) is 24.9 Å². The first-order valence-electron chi connectivity index (χ1n) is 17.1. The van der Waals surface area contributed by atoms with Crippen LogP contribution in [0.4, 0.5) is 0 Å². The quantitative estimate of drug-likeness (QED) is 0.0718. The van der Waals surface area contributed by atoms with Crippen LogP contribution in [0.15, 0.2) is 90.8 Å². The normalized spacial score (nSPS) is 12.3. The smallest absolute Gasteiger partial charge is 0.162 e. The van der Waals surface area contributed by atoms with Gasteiger partial charge in [0.2, 0.25) is 0 Å². The molecule has 5 heteroatoms. The van der Waals surface area contributed by atoms with Crippen molar-refractivity contribution >= 4 is 48.9 Å². The predicted molar refractivity (Wildman–Crippen MR) is 197 cm³/mol. The Morgan fingerprint density at radius 3 is 2.21 bits per heavy atom. The maximum absolute atomic E-state index is 11.7. The molecule has 0 atom stereocenters. The zero-order chi connectivity index (χ0) is 33.2. The van der Waals surface area contributed by atoms with Gasteiger partial charge in [-0.25, -0.2) is 0 Å². The third kappa shape index (κ3) is 6.64. The van der Waals surface area contributed by atoms with Crippen molar-refractivity contribution in [1.29, 1.82) is 0 Å². The molecule has 48 heavy (non-hydrogen) atoms. The van der Waals surface area contributed by atoms with Crippen molar-refractivity contribution in [2.75, 3.05) is 0 Å². The van der Waals surface area contributed by atoms with Gasteiger partial charge in [-0.2, -0.15) is 0 Å². The monoisotopic (exact) mass is 815 g/mol. The molecular formula is C43H44IrNO3-. The van der Waals surface area contributed by atoms with Crippen LogP contribution in [0.3, 0.4) is 0 Å². The molecule has 0 spiro atoms. The average Bonchev–Trinajstić information content (AvgIpc) is 3.08. The first-order chi connectivity index (χ1) is 22.8. The van der Waals surface area contributed by atoms with E-state index in [9.17, 15) is 9.90 Å². The van der Waals surface area contributed by atoms with E-state index in [1.807, 2.05) is 46.0 Å². The minimum Gasteiger partial charge on any atom is -0.512 e. The Morgan fingerprint density at radius 1 is 0.792 bits per heavy atom. The molecule has 7 rings (SSSR count). The molecule has 5 aromatic carbocycles. The number of hydrogen-bond acceptors (Lipinski definition) is 4. The van der Waals surface area contributed by atoms with E-state index in [1.54, 1.807) is 0 Å². The SMILES string of the molecule is CC(C)c1ccc2ccc3c4ccnc5c4c(cc3c2c1)Oc1cc2ccccc2[c-]c1-5.CCC(CC)C(=O)/C=C(\O)C(CC)CC.[Ir]. The fourth-order valence-corrected chi connectivity index (χ4v) is 6.82. The fraction of sp³-hybridized carbons (Fsp3) is 0.302. The van der Waals surface area contributed by atoms with Gasteiger partial charge in [-0.05, 0) is 76.2 Å². The van der Waals surface area contributed by atoms with Gasteiger partial charge in [0.15, 0.2) is 5.78 Å². The number of benzene rings is 5. The van der Waals surface area contributed by atoms with Crippen LogP contribution >= 0.6 is 0 Å². The second kappa shape index (κ2) is 15.0. The molecule has 2 heterocycles. The van der Waals surface area contributed by atoms with Gasteiger partial charge in [-0.1, -0.05) is 107 Å². The molecule has 0 fully saturated rings. The first-order valence-corrected chi connectivity index (χ1v) is 17.1. The topological polar surface area (TPSA) is 59.4 Å². The number of aliphatic hydroxyl groups excluding tert-OH is 1. The van der Waals surface area contributed by atoms with E-state index in [4.69, 9.17) is 9.72 Å². The van der Waals surface area contributed by atoms with Gasteiger partial charge in [0.05, 0.1) is 11.5 Å². The molecule has 0 aliphatic carbocycles. The summed E-state index contributed by atoms with van der Waals surface area (Å²) >= 11 is 0. The molecule has 1 aromatic heterocycles. The largest absolute Gasteiger partial charge is 0.512 e. The number of pyridine rings is 1. The van der Waals surface area contributed by atoms with Crippen molar-refractivity contribution in [3.8, 4) is 22.8 Å². The molecule has 0 unspecified atom stereocenters. The molecule has 249 valence electrons. The summed E-state index contributed by atoms with van der Waals surface area (Å²) in [5.74, 6) is 2.72. The van der Waals surface area contributed by atoms with Gasteiger partial charge in [0, 0.05) is 55.3 Å². The summed E-state index contributed by atoms with van der Waals surface area (Å²) in [6, 6.07) is 29.5. The molecule has 1 radical (unpaired) electrons. The summed E-state index contributed by atoms with van der Waals surface area (Å²) in [4.78, 5) is 16.5. The molecule has 0 saturated carbocycles. The Hall–Kier alpha value is -4.05. The number of aromatic nitrogens is 1. The predicted octanol–water partition coefficient (Wildman–Crippen LogP) is 12.3. The van der Waals surface area contributed by atoms with Crippen LogP contribution in [-0.4, -0.2) is 15.9 Å². The molecule has 4 nitrogen and oxygen atoms in total. The number of allylic oxidation sites excluding steroid dienone is 2. The summed E-state index contributed by atoms with van der Waals surface area (Å²) in [6.07, 6.45) is 6.82. The second-order valence-electron chi connectivity index (χ2n) is 12.9. The van der Waals surface area contributed by atoms with E-state index in [-0.39, 0.29) is 43.5 Å². The Kier molecular flexibility index (Phi) is 11.0. The van der Waals surface area contributed by atoms with Crippen LogP contribution in [0, 0.1) is 17.9 Å². The Bertz CT molecular complexity index is 2140. The number of rotatable bonds is 8. The van der Waals surface area contributed by atoms with Crippen molar-refractivity contribution in [2.24, 2.45) is 11.8 Å². The maximum Gasteiger partial charge on any atom is 0.162 e. The third-order valence-corrected chi connectivity index (χ3v) is 9.81. The minimum absolute atomic E-state index is 0. The molecule has 6 aromatic rings. The van der Waals surface area contributed by atoms with E-state index >= 15 is 0 Å². The number of aliphatic hydroxyl groups is 1. The van der Waals surface area contributed by atoms with E-state index in [1.165, 1.54) is 38.6 Å². The van der Waals surface area contributed by atoms with Crippen molar-refractivity contribution < 1.29 is 34.7 Å². The number of carbonyl (C=O) groups is 1. The summed E-state index contributed by atoms with van der Waals surface area (Å²) in [5.41, 5.74) is 3.23. The summed E-state index contributed by atoms with van der Waals surface area (Å²) in [6.45, 7) is 12.6. The van der Waals surface area contributed by atoms with Crippen LogP contribution in [0.25, 0.3) is 54.3 Å². The molecular weight excluding hydrogens is 771 g/mol. The van der Waals surface area contributed by atoms with Gasteiger partial charge in [-0.3, -0.25) is 9.78 Å². The maximum atomic E-state index is 11.7. The zero-order valence-electron chi connectivity index (χ0n) is 28.7. The Labute approximate surface area is 297 Å². The van der Waals surface area contributed by atoms with E-state index in [0.717, 1.165) is 64.6 Å². The minimum atomic E-state index is 0. The average molecular weight is 815 g/mol. The summed E-state index contributed by atoms with van der Waals surface area (Å²) in [5, 5.41) is 19.2. The molecule has 1 aliphatic rings. The third-order valence-electron chi connectivity index (χ3n) is 9.81. The van der Waals surface area contributed by atoms with Crippen LogP contribution in [0.1, 0.15) is 78.7 Å². The Balaban J connectivity index is 0.000000243. The van der Waals surface area contributed by atoms with Crippen molar-refractivity contribution in [1.82, 2.24) is 4.98 Å².